The van der Waals surface area contributed by atoms with Crippen molar-refractivity contribution in [2.75, 3.05) is 7.05 Å². The summed E-state index contributed by atoms with van der Waals surface area (Å²) >= 11 is 0. The van der Waals surface area contributed by atoms with Crippen molar-refractivity contribution in [2.24, 2.45) is 5.92 Å². The molecule has 1 heterocycles. The number of aromatic nitrogens is 3. The van der Waals surface area contributed by atoms with E-state index in [-0.39, 0.29) is 23.7 Å². The molecule has 0 saturated heterocycles. The largest absolute Gasteiger partial charge is 0.336 e. The van der Waals surface area contributed by atoms with E-state index in [1.165, 1.54) is 12.8 Å². The number of amides is 1. The van der Waals surface area contributed by atoms with E-state index >= 15 is 0 Å². The van der Waals surface area contributed by atoms with Crippen LogP contribution < -0.4 is 0 Å². The Kier molecular flexibility index (Phi) is 3.17. The molecule has 1 fully saturated rings. The lowest BCUT2D eigenvalue weighted by atomic mass is 10.2. The first-order chi connectivity index (χ1) is 8.00. The molecule has 5 nitrogen and oxygen atoms in total. The Morgan fingerprint density at radius 3 is 2.53 bits per heavy atom. The Balaban J connectivity index is 2.07. The molecule has 1 N–H and O–H groups in total. The van der Waals surface area contributed by atoms with Crippen molar-refractivity contribution in [1.82, 2.24) is 20.1 Å². The van der Waals surface area contributed by atoms with Gasteiger partial charge in [-0.25, -0.2) is 4.98 Å². The number of carbonyl (C=O) groups is 1. The molecule has 1 aliphatic rings. The minimum absolute atomic E-state index is 0.0902. The molecular weight excluding hydrogens is 216 g/mol. The van der Waals surface area contributed by atoms with Crippen molar-refractivity contribution >= 4 is 5.91 Å². The second-order valence-corrected chi connectivity index (χ2v) is 5.19. The lowest BCUT2D eigenvalue weighted by Gasteiger charge is -2.23. The summed E-state index contributed by atoms with van der Waals surface area (Å²) in [6.45, 7) is 6.13. The maximum absolute atomic E-state index is 12.1. The summed E-state index contributed by atoms with van der Waals surface area (Å²) in [5.41, 5.74) is 0. The molecule has 0 aliphatic heterocycles. The quantitative estimate of drug-likeness (QED) is 0.867. The number of H-pyrrole nitrogens is 1. The molecule has 2 rings (SSSR count). The highest BCUT2D eigenvalue weighted by Gasteiger charge is 2.33. The summed E-state index contributed by atoms with van der Waals surface area (Å²) in [6.07, 6.45) is 2.45. The molecule has 0 aromatic carbocycles. The van der Waals surface area contributed by atoms with Gasteiger partial charge in [0.25, 0.3) is 5.91 Å². The van der Waals surface area contributed by atoms with Crippen molar-refractivity contribution in [1.29, 1.82) is 0 Å². The molecule has 1 aliphatic carbocycles. The molecule has 0 radical (unpaired) electrons. The van der Waals surface area contributed by atoms with Crippen LogP contribution in [0.4, 0.5) is 0 Å². The highest BCUT2D eigenvalue weighted by Crippen LogP contribution is 2.34. The Morgan fingerprint density at radius 1 is 1.41 bits per heavy atom. The SMILES string of the molecule is CC(C)c1nc(C(=O)N(C)C(C)C2CC2)n[nH]1. The zero-order chi connectivity index (χ0) is 12.6. The minimum atomic E-state index is -0.0902. The van der Waals surface area contributed by atoms with Crippen LogP contribution in [0.1, 0.15) is 56.0 Å². The highest BCUT2D eigenvalue weighted by atomic mass is 16.2. The summed E-state index contributed by atoms with van der Waals surface area (Å²) < 4.78 is 0. The summed E-state index contributed by atoms with van der Waals surface area (Å²) in [5.74, 6) is 1.87. The van der Waals surface area contributed by atoms with Gasteiger partial charge >= 0.3 is 0 Å². The van der Waals surface area contributed by atoms with Crippen LogP contribution in [0.5, 0.6) is 0 Å². The molecule has 0 bridgehead atoms. The lowest BCUT2D eigenvalue weighted by Crippen LogP contribution is -2.37. The van der Waals surface area contributed by atoms with Gasteiger partial charge in [-0.15, -0.1) is 5.10 Å². The van der Waals surface area contributed by atoms with E-state index in [2.05, 4.69) is 22.1 Å². The fraction of sp³-hybridized carbons (Fsp3) is 0.750. The minimum Gasteiger partial charge on any atom is -0.336 e. The van der Waals surface area contributed by atoms with Crippen LogP contribution in [-0.2, 0) is 0 Å². The molecule has 17 heavy (non-hydrogen) atoms. The van der Waals surface area contributed by atoms with E-state index in [0.29, 0.717) is 5.92 Å². The first-order valence-corrected chi connectivity index (χ1v) is 6.20. The van der Waals surface area contributed by atoms with Gasteiger partial charge in [0.1, 0.15) is 5.82 Å². The molecule has 1 atom stereocenters. The van der Waals surface area contributed by atoms with Gasteiger partial charge < -0.3 is 4.90 Å². The summed E-state index contributed by atoms with van der Waals surface area (Å²) in [5, 5.41) is 6.81. The van der Waals surface area contributed by atoms with Gasteiger partial charge in [0.05, 0.1) is 0 Å². The standard InChI is InChI=1S/C12H20N4O/c1-7(2)10-13-11(15-14-10)12(17)16(4)8(3)9-5-6-9/h7-9H,5-6H2,1-4H3,(H,13,14,15). The molecule has 94 valence electrons. The topological polar surface area (TPSA) is 61.9 Å². The predicted molar refractivity (Wildman–Crippen MR) is 64.8 cm³/mol. The maximum Gasteiger partial charge on any atom is 0.293 e. The summed E-state index contributed by atoms with van der Waals surface area (Å²) in [7, 11) is 1.83. The third-order valence-corrected chi connectivity index (χ3v) is 3.48. The molecule has 1 saturated carbocycles. The van der Waals surface area contributed by atoms with Gasteiger partial charge in [0.15, 0.2) is 0 Å². The van der Waals surface area contributed by atoms with Crippen molar-refractivity contribution in [3.63, 3.8) is 0 Å². The predicted octanol–water partition coefficient (Wildman–Crippen LogP) is 1.80. The first kappa shape index (κ1) is 12.1. The Morgan fingerprint density at radius 2 is 2.06 bits per heavy atom. The van der Waals surface area contributed by atoms with Gasteiger partial charge in [0, 0.05) is 19.0 Å². The Labute approximate surface area is 102 Å². The fourth-order valence-electron chi connectivity index (χ4n) is 1.87. The van der Waals surface area contributed by atoms with Crippen molar-refractivity contribution in [2.45, 2.75) is 45.6 Å². The second-order valence-electron chi connectivity index (χ2n) is 5.19. The van der Waals surface area contributed by atoms with Crippen LogP contribution in [0.25, 0.3) is 0 Å². The van der Waals surface area contributed by atoms with Crippen LogP contribution in [0, 0.1) is 5.92 Å². The molecule has 5 heteroatoms. The molecule has 1 amide bonds. The molecule has 1 unspecified atom stereocenters. The Bertz CT molecular complexity index is 408. The summed E-state index contributed by atoms with van der Waals surface area (Å²) in [6, 6.07) is 0.281. The fourth-order valence-corrected chi connectivity index (χ4v) is 1.87. The highest BCUT2D eigenvalue weighted by molar-refractivity contribution is 5.90. The number of carbonyl (C=O) groups excluding carboxylic acids is 1. The van der Waals surface area contributed by atoms with Crippen molar-refractivity contribution < 1.29 is 4.79 Å². The average molecular weight is 236 g/mol. The number of hydrogen-bond donors (Lipinski definition) is 1. The first-order valence-electron chi connectivity index (χ1n) is 6.20. The van der Waals surface area contributed by atoms with Gasteiger partial charge in [-0.05, 0) is 25.7 Å². The molecule has 0 spiro atoms. The van der Waals surface area contributed by atoms with Crippen LogP contribution in [-0.4, -0.2) is 39.1 Å². The number of hydrogen-bond acceptors (Lipinski definition) is 3. The zero-order valence-electron chi connectivity index (χ0n) is 10.9. The van der Waals surface area contributed by atoms with Crippen molar-refractivity contribution in [3.8, 4) is 0 Å². The summed E-state index contributed by atoms with van der Waals surface area (Å²) in [4.78, 5) is 18.1. The third kappa shape index (κ3) is 2.48. The van der Waals surface area contributed by atoms with Crippen LogP contribution >= 0.6 is 0 Å². The number of aromatic amines is 1. The number of rotatable bonds is 4. The van der Waals surface area contributed by atoms with E-state index in [9.17, 15) is 4.79 Å². The lowest BCUT2D eigenvalue weighted by molar-refractivity contribution is 0.0715. The van der Waals surface area contributed by atoms with E-state index in [0.717, 1.165) is 5.82 Å². The second kappa shape index (κ2) is 4.47. The van der Waals surface area contributed by atoms with Crippen LogP contribution in [0.15, 0.2) is 0 Å². The van der Waals surface area contributed by atoms with Gasteiger partial charge in [-0.2, -0.15) is 0 Å². The number of nitrogens with zero attached hydrogens (tertiary/aromatic N) is 3. The van der Waals surface area contributed by atoms with E-state index in [1.54, 1.807) is 4.90 Å². The van der Waals surface area contributed by atoms with Crippen LogP contribution in [0.3, 0.4) is 0 Å². The number of nitrogens with one attached hydrogen (secondary N) is 1. The van der Waals surface area contributed by atoms with Gasteiger partial charge in [-0.3, -0.25) is 9.89 Å². The average Bonchev–Trinajstić information content (AvgIpc) is 3.03. The molecule has 1 aromatic heterocycles. The molecule has 1 aromatic rings. The van der Waals surface area contributed by atoms with Crippen molar-refractivity contribution in [3.05, 3.63) is 11.6 Å². The Hall–Kier alpha value is -1.39. The van der Waals surface area contributed by atoms with Gasteiger partial charge in [0.2, 0.25) is 5.82 Å². The maximum atomic E-state index is 12.1. The normalized spacial score (nSPS) is 17.2. The van der Waals surface area contributed by atoms with E-state index in [1.807, 2.05) is 20.9 Å². The third-order valence-electron chi connectivity index (χ3n) is 3.48. The smallest absolute Gasteiger partial charge is 0.293 e. The van der Waals surface area contributed by atoms with Crippen LogP contribution in [0.2, 0.25) is 0 Å². The van der Waals surface area contributed by atoms with E-state index < -0.39 is 0 Å². The zero-order valence-corrected chi connectivity index (χ0v) is 10.9. The molecular formula is C12H20N4O. The monoisotopic (exact) mass is 236 g/mol. The van der Waals surface area contributed by atoms with E-state index in [4.69, 9.17) is 0 Å². The van der Waals surface area contributed by atoms with Gasteiger partial charge in [-0.1, -0.05) is 13.8 Å².